The van der Waals surface area contributed by atoms with Crippen LogP contribution in [-0.4, -0.2) is 13.1 Å². The van der Waals surface area contributed by atoms with Crippen LogP contribution in [0.2, 0.25) is 0 Å². The van der Waals surface area contributed by atoms with Crippen molar-refractivity contribution < 1.29 is 9.53 Å². The molecule has 0 radical (unpaired) electrons. The molecule has 1 aliphatic rings. The van der Waals surface area contributed by atoms with E-state index in [9.17, 15) is 4.79 Å². The normalized spacial score (nSPS) is 27.0. The topological polar surface area (TPSA) is 26.3 Å². The first-order chi connectivity index (χ1) is 8.50. The number of methoxy groups -OCH3 is 1. The number of esters is 1. The molecule has 1 saturated carbocycles. The van der Waals surface area contributed by atoms with Crippen LogP contribution < -0.4 is 0 Å². The summed E-state index contributed by atoms with van der Waals surface area (Å²) in [7, 11) is 1.42. The quantitative estimate of drug-likeness (QED) is 0.601. The number of hydrogen-bond acceptors (Lipinski definition) is 2. The third-order valence-corrected chi connectivity index (χ3v) is 4.40. The van der Waals surface area contributed by atoms with Gasteiger partial charge in [0.1, 0.15) is 0 Å². The lowest BCUT2D eigenvalue weighted by Gasteiger charge is -2.17. The molecule has 0 amide bonds. The van der Waals surface area contributed by atoms with Crippen molar-refractivity contribution in [3.63, 3.8) is 0 Å². The Bertz CT molecular complexity index is 485. The number of benzene rings is 1. The van der Waals surface area contributed by atoms with Crippen molar-refractivity contribution in [1.82, 2.24) is 0 Å². The van der Waals surface area contributed by atoms with Gasteiger partial charge < -0.3 is 4.74 Å². The minimum absolute atomic E-state index is 0.0115. The Morgan fingerprint density at radius 1 is 1.28 bits per heavy atom. The van der Waals surface area contributed by atoms with Crippen molar-refractivity contribution in [2.45, 2.75) is 32.6 Å². The third kappa shape index (κ3) is 1.59. The van der Waals surface area contributed by atoms with Crippen molar-refractivity contribution in [3.05, 3.63) is 47.5 Å². The molecule has 1 atom stereocenters. The van der Waals surface area contributed by atoms with E-state index in [4.69, 9.17) is 4.74 Å². The fraction of sp³-hybridized carbons (Fsp3) is 0.438. The standard InChI is InChI=1S/C16H20O2/c1-5-16(12-9-7-6-8-10-12)13(15(16,2)3)11-14(17)18-4/h6-11H,5H2,1-4H3/b13-11-. The molecule has 2 heteroatoms. The van der Waals surface area contributed by atoms with Crippen molar-refractivity contribution in [1.29, 1.82) is 0 Å². The number of rotatable bonds is 3. The zero-order valence-corrected chi connectivity index (χ0v) is 11.5. The van der Waals surface area contributed by atoms with Crippen molar-refractivity contribution in [2.24, 2.45) is 5.41 Å². The summed E-state index contributed by atoms with van der Waals surface area (Å²) in [6.45, 7) is 6.56. The van der Waals surface area contributed by atoms with E-state index < -0.39 is 0 Å². The first kappa shape index (κ1) is 12.9. The summed E-state index contributed by atoms with van der Waals surface area (Å²) in [6, 6.07) is 10.4. The number of ether oxygens (including phenoxy) is 1. The molecule has 0 N–H and O–H groups in total. The number of carbonyl (C=O) groups excluding carboxylic acids is 1. The third-order valence-electron chi connectivity index (χ3n) is 4.40. The smallest absolute Gasteiger partial charge is 0.330 e. The van der Waals surface area contributed by atoms with E-state index in [1.165, 1.54) is 18.2 Å². The van der Waals surface area contributed by atoms with Crippen molar-refractivity contribution >= 4 is 5.97 Å². The van der Waals surface area contributed by atoms with Gasteiger partial charge in [-0.05, 0) is 17.6 Å². The molecule has 2 rings (SSSR count). The largest absolute Gasteiger partial charge is 0.466 e. The maximum atomic E-state index is 11.5. The lowest BCUT2D eigenvalue weighted by molar-refractivity contribution is -0.134. The van der Waals surface area contributed by atoms with E-state index in [2.05, 4.69) is 45.0 Å². The van der Waals surface area contributed by atoms with E-state index in [0.29, 0.717) is 0 Å². The van der Waals surface area contributed by atoms with Gasteiger partial charge in [0, 0.05) is 16.9 Å². The van der Waals surface area contributed by atoms with Gasteiger partial charge in [-0.2, -0.15) is 0 Å². The fourth-order valence-electron chi connectivity index (χ4n) is 3.33. The Labute approximate surface area is 109 Å². The highest BCUT2D eigenvalue weighted by molar-refractivity contribution is 5.86. The molecule has 1 aliphatic carbocycles. The number of hydrogen-bond donors (Lipinski definition) is 0. The Kier molecular flexibility index (Phi) is 3.05. The van der Waals surface area contributed by atoms with Gasteiger partial charge in [-0.25, -0.2) is 4.79 Å². The highest BCUT2D eigenvalue weighted by Crippen LogP contribution is 2.70. The van der Waals surface area contributed by atoms with E-state index in [0.717, 1.165) is 6.42 Å². The van der Waals surface area contributed by atoms with Gasteiger partial charge in [-0.1, -0.05) is 51.1 Å². The minimum Gasteiger partial charge on any atom is -0.466 e. The number of carbonyl (C=O) groups is 1. The SMILES string of the molecule is CCC1(c2ccccc2)/C(=C\C(=O)OC)C1(C)C. The lowest BCUT2D eigenvalue weighted by atomic mass is 9.85. The highest BCUT2D eigenvalue weighted by Gasteiger charge is 2.66. The maximum Gasteiger partial charge on any atom is 0.330 e. The molecule has 18 heavy (non-hydrogen) atoms. The summed E-state index contributed by atoms with van der Waals surface area (Å²) in [6.07, 6.45) is 2.66. The van der Waals surface area contributed by atoms with Crippen LogP contribution >= 0.6 is 0 Å². The Hall–Kier alpha value is -1.57. The molecule has 0 aliphatic heterocycles. The fourth-order valence-corrected chi connectivity index (χ4v) is 3.33. The van der Waals surface area contributed by atoms with Crippen LogP contribution in [0, 0.1) is 5.41 Å². The van der Waals surface area contributed by atoms with Crippen molar-refractivity contribution in [3.8, 4) is 0 Å². The summed E-state index contributed by atoms with van der Waals surface area (Å²) in [5.74, 6) is -0.260. The van der Waals surface area contributed by atoms with Crippen LogP contribution in [0.4, 0.5) is 0 Å². The molecular weight excluding hydrogens is 224 g/mol. The second kappa shape index (κ2) is 4.27. The summed E-state index contributed by atoms with van der Waals surface area (Å²) >= 11 is 0. The van der Waals surface area contributed by atoms with Gasteiger partial charge in [0.05, 0.1) is 7.11 Å². The zero-order valence-electron chi connectivity index (χ0n) is 11.5. The van der Waals surface area contributed by atoms with Crippen LogP contribution in [0.25, 0.3) is 0 Å². The molecule has 0 aromatic heterocycles. The summed E-state index contributed by atoms with van der Waals surface area (Å²) < 4.78 is 4.75. The van der Waals surface area contributed by atoms with Crippen LogP contribution in [0.5, 0.6) is 0 Å². The first-order valence-electron chi connectivity index (χ1n) is 6.37. The number of allylic oxidation sites excluding steroid dienone is 1. The summed E-state index contributed by atoms with van der Waals surface area (Å²) in [4.78, 5) is 11.5. The van der Waals surface area contributed by atoms with Crippen LogP contribution in [0.1, 0.15) is 32.8 Å². The van der Waals surface area contributed by atoms with Gasteiger partial charge in [-0.15, -0.1) is 0 Å². The Morgan fingerprint density at radius 3 is 2.39 bits per heavy atom. The predicted octanol–water partition coefficient (Wildman–Crippen LogP) is 3.47. The molecule has 1 aromatic carbocycles. The van der Waals surface area contributed by atoms with E-state index in [1.807, 2.05) is 6.07 Å². The van der Waals surface area contributed by atoms with E-state index >= 15 is 0 Å². The molecular formula is C16H20O2. The van der Waals surface area contributed by atoms with Crippen LogP contribution in [-0.2, 0) is 14.9 Å². The minimum atomic E-state index is -0.260. The van der Waals surface area contributed by atoms with Gasteiger partial charge >= 0.3 is 5.97 Å². The average Bonchev–Trinajstić information content (AvgIpc) is 2.86. The van der Waals surface area contributed by atoms with E-state index in [-0.39, 0.29) is 16.8 Å². The lowest BCUT2D eigenvalue weighted by Crippen LogP contribution is -2.12. The Balaban J connectivity index is 2.47. The molecule has 0 spiro atoms. The first-order valence-corrected chi connectivity index (χ1v) is 6.37. The van der Waals surface area contributed by atoms with Gasteiger partial charge in [0.15, 0.2) is 0 Å². The van der Waals surface area contributed by atoms with Crippen molar-refractivity contribution in [2.75, 3.05) is 7.11 Å². The molecule has 1 unspecified atom stereocenters. The molecule has 2 nitrogen and oxygen atoms in total. The molecule has 0 heterocycles. The van der Waals surface area contributed by atoms with Crippen LogP contribution in [0.3, 0.4) is 0 Å². The van der Waals surface area contributed by atoms with Gasteiger partial charge in [0.25, 0.3) is 0 Å². The van der Waals surface area contributed by atoms with Crippen LogP contribution in [0.15, 0.2) is 42.0 Å². The molecule has 0 saturated heterocycles. The molecule has 1 fully saturated rings. The van der Waals surface area contributed by atoms with Gasteiger partial charge in [0.2, 0.25) is 0 Å². The highest BCUT2D eigenvalue weighted by atomic mass is 16.5. The monoisotopic (exact) mass is 244 g/mol. The summed E-state index contributed by atoms with van der Waals surface area (Å²) in [5, 5.41) is 0. The second-order valence-electron chi connectivity index (χ2n) is 5.33. The summed E-state index contributed by atoms with van der Waals surface area (Å²) in [5.41, 5.74) is 2.47. The van der Waals surface area contributed by atoms with Gasteiger partial charge in [-0.3, -0.25) is 0 Å². The van der Waals surface area contributed by atoms with E-state index in [1.54, 1.807) is 6.08 Å². The Morgan fingerprint density at radius 2 is 1.89 bits per heavy atom. The molecule has 0 bridgehead atoms. The average molecular weight is 244 g/mol. The molecule has 1 aromatic rings. The maximum absolute atomic E-state index is 11.5. The zero-order chi connectivity index (χ0) is 13.4. The molecule has 96 valence electrons. The second-order valence-corrected chi connectivity index (χ2v) is 5.33. The predicted molar refractivity (Wildman–Crippen MR) is 72.3 cm³/mol.